The SMILES string of the molecule is C=CC(=C)Nc1ccc2c(c1NC)CC(N)C2. The smallest absolute Gasteiger partial charge is 0.0622 e. The predicted octanol–water partition coefficient (Wildman–Crippen LogP) is 2.27. The first-order chi connectivity index (χ1) is 8.15. The number of rotatable bonds is 4. The number of nitrogens with one attached hydrogen (secondary N) is 2. The van der Waals surface area contributed by atoms with E-state index in [4.69, 9.17) is 5.73 Å². The summed E-state index contributed by atoms with van der Waals surface area (Å²) in [6.07, 6.45) is 3.60. The van der Waals surface area contributed by atoms with Gasteiger partial charge in [-0.2, -0.15) is 0 Å². The summed E-state index contributed by atoms with van der Waals surface area (Å²) in [6, 6.07) is 4.45. The molecule has 0 radical (unpaired) electrons. The fourth-order valence-corrected chi connectivity index (χ4v) is 2.35. The molecule has 0 spiro atoms. The summed E-state index contributed by atoms with van der Waals surface area (Å²) in [4.78, 5) is 0. The topological polar surface area (TPSA) is 50.1 Å². The van der Waals surface area contributed by atoms with E-state index in [1.165, 1.54) is 11.1 Å². The molecule has 1 aromatic carbocycles. The Bertz CT molecular complexity index is 463. The third kappa shape index (κ3) is 2.19. The van der Waals surface area contributed by atoms with Crippen LogP contribution in [0.25, 0.3) is 0 Å². The molecule has 3 heteroatoms. The van der Waals surface area contributed by atoms with Gasteiger partial charge in [-0.1, -0.05) is 19.2 Å². The maximum Gasteiger partial charge on any atom is 0.0622 e. The van der Waals surface area contributed by atoms with Crippen LogP contribution in [0, 0.1) is 0 Å². The standard InChI is InChI=1S/C14H19N3/c1-4-9(2)17-13-6-5-10-7-11(15)8-12(10)14(13)16-3/h4-6,11,16-17H,1-2,7-8,15H2,3H3. The Morgan fingerprint density at radius 3 is 2.88 bits per heavy atom. The highest BCUT2D eigenvalue weighted by Gasteiger charge is 2.22. The van der Waals surface area contributed by atoms with Crippen molar-refractivity contribution in [1.82, 2.24) is 0 Å². The lowest BCUT2D eigenvalue weighted by Crippen LogP contribution is -2.19. The van der Waals surface area contributed by atoms with Crippen molar-refractivity contribution in [3.05, 3.63) is 48.2 Å². The Hall–Kier alpha value is -1.74. The number of fused-ring (bicyclic) bond motifs is 1. The molecule has 0 heterocycles. The highest BCUT2D eigenvalue weighted by Crippen LogP contribution is 2.34. The molecule has 0 saturated heterocycles. The highest BCUT2D eigenvalue weighted by molar-refractivity contribution is 5.76. The molecule has 17 heavy (non-hydrogen) atoms. The van der Waals surface area contributed by atoms with E-state index in [1.54, 1.807) is 6.08 Å². The van der Waals surface area contributed by atoms with Gasteiger partial charge in [0.05, 0.1) is 11.4 Å². The molecule has 1 aliphatic carbocycles. The van der Waals surface area contributed by atoms with Gasteiger partial charge in [0, 0.05) is 18.8 Å². The van der Waals surface area contributed by atoms with E-state index >= 15 is 0 Å². The van der Waals surface area contributed by atoms with Crippen LogP contribution in [0.1, 0.15) is 11.1 Å². The van der Waals surface area contributed by atoms with Crippen LogP contribution in [-0.4, -0.2) is 13.1 Å². The lowest BCUT2D eigenvalue weighted by Gasteiger charge is -2.15. The minimum atomic E-state index is 0.245. The van der Waals surface area contributed by atoms with Crippen LogP contribution in [0.4, 0.5) is 11.4 Å². The minimum Gasteiger partial charge on any atom is -0.386 e. The zero-order valence-corrected chi connectivity index (χ0v) is 10.2. The van der Waals surface area contributed by atoms with E-state index < -0.39 is 0 Å². The summed E-state index contributed by atoms with van der Waals surface area (Å²) in [7, 11) is 1.93. The number of nitrogens with two attached hydrogens (primary N) is 1. The quantitative estimate of drug-likeness (QED) is 0.694. The molecule has 0 saturated carbocycles. The van der Waals surface area contributed by atoms with Gasteiger partial charge in [0.2, 0.25) is 0 Å². The van der Waals surface area contributed by atoms with Crippen molar-refractivity contribution >= 4 is 11.4 Å². The van der Waals surface area contributed by atoms with E-state index in [2.05, 4.69) is 35.9 Å². The third-order valence-corrected chi connectivity index (χ3v) is 3.15. The van der Waals surface area contributed by atoms with Gasteiger partial charge in [-0.15, -0.1) is 0 Å². The fraction of sp³-hybridized carbons (Fsp3) is 0.286. The fourth-order valence-electron chi connectivity index (χ4n) is 2.35. The van der Waals surface area contributed by atoms with E-state index in [9.17, 15) is 0 Å². The van der Waals surface area contributed by atoms with Crippen molar-refractivity contribution in [1.29, 1.82) is 0 Å². The Kier molecular flexibility index (Phi) is 3.20. The van der Waals surface area contributed by atoms with E-state index in [0.717, 1.165) is 29.9 Å². The zero-order chi connectivity index (χ0) is 12.4. The van der Waals surface area contributed by atoms with E-state index in [1.807, 2.05) is 7.05 Å². The maximum absolute atomic E-state index is 6.00. The second-order valence-electron chi connectivity index (χ2n) is 4.40. The van der Waals surface area contributed by atoms with Gasteiger partial charge in [0.15, 0.2) is 0 Å². The summed E-state index contributed by atoms with van der Waals surface area (Å²) in [5.74, 6) is 0. The van der Waals surface area contributed by atoms with Crippen LogP contribution in [0.15, 0.2) is 37.1 Å². The molecule has 90 valence electrons. The molecule has 0 bridgehead atoms. The van der Waals surface area contributed by atoms with Gasteiger partial charge in [-0.05, 0) is 36.1 Å². The average Bonchev–Trinajstić information content (AvgIpc) is 2.69. The Morgan fingerprint density at radius 1 is 1.47 bits per heavy atom. The van der Waals surface area contributed by atoms with E-state index in [-0.39, 0.29) is 6.04 Å². The lowest BCUT2D eigenvalue weighted by atomic mass is 10.1. The number of allylic oxidation sites excluding steroid dienone is 1. The lowest BCUT2D eigenvalue weighted by molar-refractivity contribution is 0.721. The number of hydrogen-bond acceptors (Lipinski definition) is 3. The predicted molar refractivity (Wildman–Crippen MR) is 74.3 cm³/mol. The molecular weight excluding hydrogens is 210 g/mol. The molecule has 4 N–H and O–H groups in total. The van der Waals surface area contributed by atoms with Crippen molar-refractivity contribution in [2.75, 3.05) is 17.7 Å². The summed E-state index contributed by atoms with van der Waals surface area (Å²) in [6.45, 7) is 7.57. The van der Waals surface area contributed by atoms with Crippen molar-refractivity contribution in [3.8, 4) is 0 Å². The highest BCUT2D eigenvalue weighted by atomic mass is 14.9. The minimum absolute atomic E-state index is 0.245. The molecule has 0 amide bonds. The number of hydrogen-bond donors (Lipinski definition) is 3. The maximum atomic E-state index is 6.00. The first-order valence-corrected chi connectivity index (χ1v) is 5.82. The zero-order valence-electron chi connectivity index (χ0n) is 10.2. The Morgan fingerprint density at radius 2 is 2.24 bits per heavy atom. The molecule has 3 nitrogen and oxygen atoms in total. The second-order valence-corrected chi connectivity index (χ2v) is 4.40. The van der Waals surface area contributed by atoms with Gasteiger partial charge in [-0.25, -0.2) is 0 Å². The molecule has 0 fully saturated rings. The van der Waals surface area contributed by atoms with Crippen molar-refractivity contribution in [3.63, 3.8) is 0 Å². The van der Waals surface area contributed by atoms with Gasteiger partial charge >= 0.3 is 0 Å². The Balaban J connectivity index is 2.38. The first-order valence-electron chi connectivity index (χ1n) is 5.82. The normalized spacial score (nSPS) is 17.4. The monoisotopic (exact) mass is 229 g/mol. The molecular formula is C14H19N3. The van der Waals surface area contributed by atoms with Crippen LogP contribution in [0.2, 0.25) is 0 Å². The summed E-state index contributed by atoms with van der Waals surface area (Å²) in [5.41, 5.74) is 11.6. The molecule has 0 aromatic heterocycles. The molecule has 1 atom stereocenters. The Labute approximate surface area is 102 Å². The third-order valence-electron chi connectivity index (χ3n) is 3.15. The van der Waals surface area contributed by atoms with Gasteiger partial charge in [0.25, 0.3) is 0 Å². The molecule has 1 aliphatic rings. The van der Waals surface area contributed by atoms with Gasteiger partial charge in [-0.3, -0.25) is 0 Å². The van der Waals surface area contributed by atoms with Crippen LogP contribution in [0.3, 0.4) is 0 Å². The molecule has 1 aromatic rings. The average molecular weight is 229 g/mol. The second kappa shape index (κ2) is 4.63. The van der Waals surface area contributed by atoms with Gasteiger partial charge < -0.3 is 16.4 Å². The summed E-state index contributed by atoms with van der Waals surface area (Å²) in [5, 5.41) is 6.49. The number of benzene rings is 1. The summed E-state index contributed by atoms with van der Waals surface area (Å²) < 4.78 is 0. The van der Waals surface area contributed by atoms with Crippen LogP contribution in [-0.2, 0) is 12.8 Å². The largest absolute Gasteiger partial charge is 0.386 e. The van der Waals surface area contributed by atoms with Crippen molar-refractivity contribution in [2.45, 2.75) is 18.9 Å². The van der Waals surface area contributed by atoms with Crippen LogP contribution < -0.4 is 16.4 Å². The molecule has 2 rings (SSSR count). The van der Waals surface area contributed by atoms with Crippen LogP contribution in [0.5, 0.6) is 0 Å². The summed E-state index contributed by atoms with van der Waals surface area (Å²) >= 11 is 0. The molecule has 0 aliphatic heterocycles. The van der Waals surface area contributed by atoms with Crippen molar-refractivity contribution in [2.24, 2.45) is 5.73 Å². The van der Waals surface area contributed by atoms with E-state index in [0.29, 0.717) is 0 Å². The first kappa shape index (κ1) is 11.7. The molecule has 1 unspecified atom stereocenters. The van der Waals surface area contributed by atoms with Crippen LogP contribution >= 0.6 is 0 Å². The van der Waals surface area contributed by atoms with Gasteiger partial charge in [0.1, 0.15) is 0 Å². The van der Waals surface area contributed by atoms with Crippen molar-refractivity contribution < 1.29 is 0 Å². The number of anilines is 2.